The monoisotopic (exact) mass is 163 g/mol. The lowest BCUT2D eigenvalue weighted by Gasteiger charge is -2.17. The molecular formula is C9H13N3. The summed E-state index contributed by atoms with van der Waals surface area (Å²) in [6.07, 6.45) is 1.000. The van der Waals surface area contributed by atoms with Crippen molar-refractivity contribution in [2.45, 2.75) is 19.9 Å². The average Bonchev–Trinajstić information content (AvgIpc) is 2.07. The van der Waals surface area contributed by atoms with Crippen LogP contribution in [0.3, 0.4) is 0 Å². The Bertz CT molecular complexity index is 276. The molecule has 1 aliphatic heterocycles. The molecule has 0 saturated carbocycles. The maximum Gasteiger partial charge on any atom is 0.126 e. The van der Waals surface area contributed by atoms with E-state index in [4.69, 9.17) is 5.73 Å². The molecular weight excluding hydrogens is 150 g/mol. The number of aromatic nitrogens is 1. The van der Waals surface area contributed by atoms with Gasteiger partial charge in [-0.05, 0) is 24.1 Å². The molecule has 1 aromatic heterocycles. The fourth-order valence-corrected chi connectivity index (χ4v) is 1.52. The lowest BCUT2D eigenvalue weighted by molar-refractivity contribution is 0.630. The molecule has 2 rings (SSSR count). The molecule has 3 heteroatoms. The van der Waals surface area contributed by atoms with Crippen LogP contribution in [0.4, 0.5) is 5.82 Å². The highest BCUT2D eigenvalue weighted by Crippen LogP contribution is 2.16. The molecule has 3 N–H and O–H groups in total. The fraction of sp³-hybridized carbons (Fsp3) is 0.444. The van der Waals surface area contributed by atoms with E-state index < -0.39 is 0 Å². The van der Waals surface area contributed by atoms with Crippen molar-refractivity contribution in [3.05, 3.63) is 22.9 Å². The van der Waals surface area contributed by atoms with Gasteiger partial charge in [-0.25, -0.2) is 4.98 Å². The zero-order valence-electron chi connectivity index (χ0n) is 7.22. The summed E-state index contributed by atoms with van der Waals surface area (Å²) in [5.41, 5.74) is 9.26. The summed E-state index contributed by atoms with van der Waals surface area (Å²) in [5.74, 6) is 0.677. The highest BCUT2D eigenvalue weighted by Gasteiger charge is 2.10. The summed E-state index contributed by atoms with van der Waals surface area (Å²) < 4.78 is 0. The van der Waals surface area contributed by atoms with Gasteiger partial charge < -0.3 is 11.1 Å². The van der Waals surface area contributed by atoms with Gasteiger partial charge in [-0.15, -0.1) is 0 Å². The van der Waals surface area contributed by atoms with Crippen LogP contribution >= 0.6 is 0 Å². The van der Waals surface area contributed by atoms with E-state index in [9.17, 15) is 0 Å². The molecule has 0 amide bonds. The van der Waals surface area contributed by atoms with Gasteiger partial charge in [0.15, 0.2) is 0 Å². The summed E-state index contributed by atoms with van der Waals surface area (Å²) in [6.45, 7) is 3.95. The Morgan fingerprint density at radius 3 is 3.25 bits per heavy atom. The number of pyridine rings is 1. The number of fused-ring (bicyclic) bond motifs is 1. The zero-order valence-corrected chi connectivity index (χ0v) is 7.22. The summed E-state index contributed by atoms with van der Waals surface area (Å²) in [6, 6.07) is 2.13. The molecule has 0 radical (unpaired) electrons. The van der Waals surface area contributed by atoms with Crippen LogP contribution in [0.2, 0.25) is 0 Å². The fourth-order valence-electron chi connectivity index (χ4n) is 1.52. The number of hydrogen-bond donors (Lipinski definition) is 2. The molecule has 0 aromatic carbocycles. The van der Waals surface area contributed by atoms with Gasteiger partial charge in [0.2, 0.25) is 0 Å². The molecule has 12 heavy (non-hydrogen) atoms. The second-order valence-electron chi connectivity index (χ2n) is 3.22. The minimum Gasteiger partial charge on any atom is -0.383 e. The SMILES string of the molecule is Cc1cc2c(nc1N)CCNC2. The number of nitrogens with zero attached hydrogens (tertiary/aromatic N) is 1. The van der Waals surface area contributed by atoms with Crippen LogP contribution in [0.5, 0.6) is 0 Å². The van der Waals surface area contributed by atoms with Crippen molar-refractivity contribution in [1.82, 2.24) is 10.3 Å². The predicted molar refractivity (Wildman–Crippen MR) is 48.8 cm³/mol. The van der Waals surface area contributed by atoms with Crippen LogP contribution in [0.1, 0.15) is 16.8 Å². The van der Waals surface area contributed by atoms with E-state index in [2.05, 4.69) is 16.4 Å². The summed E-state index contributed by atoms with van der Waals surface area (Å²) in [4.78, 5) is 4.35. The van der Waals surface area contributed by atoms with E-state index in [1.54, 1.807) is 0 Å². The molecule has 2 heterocycles. The third kappa shape index (κ3) is 1.16. The average molecular weight is 163 g/mol. The van der Waals surface area contributed by atoms with Crippen molar-refractivity contribution in [2.75, 3.05) is 12.3 Å². The Hall–Kier alpha value is -1.09. The lowest BCUT2D eigenvalue weighted by atomic mass is 10.1. The van der Waals surface area contributed by atoms with Gasteiger partial charge in [-0.2, -0.15) is 0 Å². The van der Waals surface area contributed by atoms with Gasteiger partial charge in [0, 0.05) is 25.2 Å². The number of nitrogens with one attached hydrogen (secondary N) is 1. The second-order valence-corrected chi connectivity index (χ2v) is 3.22. The standard InChI is InChI=1S/C9H13N3/c1-6-4-7-5-11-3-2-8(7)12-9(6)10/h4,11H,2-3,5H2,1H3,(H2,10,12). The number of rotatable bonds is 0. The maximum absolute atomic E-state index is 5.71. The molecule has 1 aromatic rings. The lowest BCUT2D eigenvalue weighted by Crippen LogP contribution is -2.25. The highest BCUT2D eigenvalue weighted by atomic mass is 14.9. The van der Waals surface area contributed by atoms with Crippen molar-refractivity contribution in [3.8, 4) is 0 Å². The smallest absolute Gasteiger partial charge is 0.126 e. The zero-order chi connectivity index (χ0) is 8.55. The van der Waals surface area contributed by atoms with Gasteiger partial charge >= 0.3 is 0 Å². The Morgan fingerprint density at radius 1 is 1.58 bits per heavy atom. The predicted octanol–water partition coefficient (Wildman–Crippen LogP) is 0.618. The third-order valence-electron chi connectivity index (χ3n) is 2.27. The van der Waals surface area contributed by atoms with Crippen LogP contribution in [0.25, 0.3) is 0 Å². The molecule has 64 valence electrons. The van der Waals surface area contributed by atoms with E-state index in [1.807, 2.05) is 6.92 Å². The van der Waals surface area contributed by atoms with Gasteiger partial charge in [-0.3, -0.25) is 0 Å². The Morgan fingerprint density at radius 2 is 2.42 bits per heavy atom. The molecule has 0 saturated heterocycles. The Labute approximate surface area is 72.0 Å². The molecule has 0 fully saturated rings. The first-order valence-electron chi connectivity index (χ1n) is 4.23. The minimum absolute atomic E-state index is 0.677. The first kappa shape index (κ1) is 7.55. The summed E-state index contributed by atoms with van der Waals surface area (Å²) in [7, 11) is 0. The second kappa shape index (κ2) is 2.75. The van der Waals surface area contributed by atoms with Crippen LogP contribution in [0.15, 0.2) is 6.07 Å². The molecule has 3 nitrogen and oxygen atoms in total. The van der Waals surface area contributed by atoms with Gasteiger partial charge in [0.05, 0.1) is 0 Å². The normalized spacial score (nSPS) is 15.8. The molecule has 0 spiro atoms. The first-order valence-corrected chi connectivity index (χ1v) is 4.23. The molecule has 0 atom stereocenters. The number of anilines is 1. The molecule has 1 aliphatic rings. The molecule has 0 unspecified atom stereocenters. The quantitative estimate of drug-likeness (QED) is 0.589. The van der Waals surface area contributed by atoms with E-state index in [-0.39, 0.29) is 0 Å². The van der Waals surface area contributed by atoms with E-state index >= 15 is 0 Å². The van der Waals surface area contributed by atoms with E-state index in [1.165, 1.54) is 5.56 Å². The Kier molecular flexibility index (Phi) is 1.73. The van der Waals surface area contributed by atoms with Crippen LogP contribution in [0, 0.1) is 6.92 Å². The minimum atomic E-state index is 0.677. The number of nitrogens with two attached hydrogens (primary N) is 1. The van der Waals surface area contributed by atoms with E-state index in [0.717, 1.165) is 30.8 Å². The number of hydrogen-bond acceptors (Lipinski definition) is 3. The third-order valence-corrected chi connectivity index (χ3v) is 2.27. The van der Waals surface area contributed by atoms with Crippen LogP contribution in [-0.4, -0.2) is 11.5 Å². The van der Waals surface area contributed by atoms with Gasteiger partial charge in [-0.1, -0.05) is 0 Å². The topological polar surface area (TPSA) is 50.9 Å². The van der Waals surface area contributed by atoms with Crippen molar-refractivity contribution in [1.29, 1.82) is 0 Å². The molecule has 0 bridgehead atoms. The number of nitrogen functional groups attached to an aromatic ring is 1. The van der Waals surface area contributed by atoms with E-state index in [0.29, 0.717) is 5.82 Å². The first-order chi connectivity index (χ1) is 5.77. The maximum atomic E-state index is 5.71. The van der Waals surface area contributed by atoms with Crippen molar-refractivity contribution < 1.29 is 0 Å². The van der Waals surface area contributed by atoms with Crippen molar-refractivity contribution in [2.24, 2.45) is 0 Å². The summed E-state index contributed by atoms with van der Waals surface area (Å²) >= 11 is 0. The summed E-state index contributed by atoms with van der Waals surface area (Å²) in [5, 5.41) is 3.31. The van der Waals surface area contributed by atoms with Crippen LogP contribution in [-0.2, 0) is 13.0 Å². The largest absolute Gasteiger partial charge is 0.383 e. The van der Waals surface area contributed by atoms with Gasteiger partial charge in [0.25, 0.3) is 0 Å². The number of aryl methyl sites for hydroxylation is 1. The van der Waals surface area contributed by atoms with Crippen LogP contribution < -0.4 is 11.1 Å². The highest BCUT2D eigenvalue weighted by molar-refractivity contribution is 5.43. The van der Waals surface area contributed by atoms with Gasteiger partial charge in [0.1, 0.15) is 5.82 Å². The van der Waals surface area contributed by atoms with Crippen molar-refractivity contribution >= 4 is 5.82 Å². The Balaban J connectivity index is 2.49. The van der Waals surface area contributed by atoms with Crippen molar-refractivity contribution in [3.63, 3.8) is 0 Å². The molecule has 0 aliphatic carbocycles.